The summed E-state index contributed by atoms with van der Waals surface area (Å²) in [4.78, 5) is 13.9. The molecule has 2 aromatic carbocycles. The molecular weight excluding hydrogens is 499 g/mol. The van der Waals surface area contributed by atoms with Crippen molar-refractivity contribution in [2.45, 2.75) is 28.8 Å². The monoisotopic (exact) mass is 519 g/mol. The zero-order valence-electron chi connectivity index (χ0n) is 17.4. The quantitative estimate of drug-likeness (QED) is 0.300. The summed E-state index contributed by atoms with van der Waals surface area (Å²) >= 11 is 4.90. The number of amides is 1. The molecule has 9 nitrogen and oxygen atoms in total. The third-order valence-corrected chi connectivity index (χ3v) is 8.11. The van der Waals surface area contributed by atoms with Crippen LogP contribution in [0.5, 0.6) is 17.2 Å². The molecule has 184 valence electrons. The topological polar surface area (TPSA) is 131 Å². The van der Waals surface area contributed by atoms with Gasteiger partial charge in [-0.2, -0.15) is 0 Å². The van der Waals surface area contributed by atoms with E-state index in [9.17, 15) is 31.6 Å². The van der Waals surface area contributed by atoms with Crippen molar-refractivity contribution in [1.29, 1.82) is 0 Å². The van der Waals surface area contributed by atoms with Crippen LogP contribution in [-0.2, 0) is 14.6 Å². The largest absolute Gasteiger partial charge is 0.573 e. The molecule has 0 aromatic heterocycles. The Morgan fingerprint density at radius 1 is 1.03 bits per heavy atom. The van der Waals surface area contributed by atoms with Crippen LogP contribution in [0.2, 0.25) is 0 Å². The first-order valence-electron chi connectivity index (χ1n) is 9.75. The Morgan fingerprint density at radius 2 is 1.50 bits per heavy atom. The minimum Gasteiger partial charge on any atom is -0.457 e. The number of thiocarbonyl (C=S) groups is 1. The number of alkyl halides is 3. The molecule has 34 heavy (non-hydrogen) atoms. The number of halogens is 3. The summed E-state index contributed by atoms with van der Waals surface area (Å²) < 4.78 is 71.0. The SMILES string of the molecule is NC(=S)N1CCC(C(=O)NO)(S(=O)(=O)c2ccc(Oc3ccc(OC(F)(F)F)cc3)cc2)CC1. The molecule has 1 saturated heterocycles. The lowest BCUT2D eigenvalue weighted by atomic mass is 9.95. The number of hydroxylamine groups is 1. The first-order valence-corrected chi connectivity index (χ1v) is 11.6. The number of nitrogens with one attached hydrogen (secondary N) is 1. The van der Waals surface area contributed by atoms with E-state index in [0.717, 1.165) is 12.1 Å². The third kappa shape index (κ3) is 5.34. The summed E-state index contributed by atoms with van der Waals surface area (Å²) in [6, 6.07) is 9.78. The Bertz CT molecular complexity index is 1150. The highest BCUT2D eigenvalue weighted by Crippen LogP contribution is 2.37. The van der Waals surface area contributed by atoms with Gasteiger partial charge in [0.2, 0.25) is 0 Å². The maximum absolute atomic E-state index is 13.4. The number of nitrogens with two attached hydrogens (primary N) is 1. The molecule has 0 saturated carbocycles. The predicted octanol–water partition coefficient (Wildman–Crippen LogP) is 2.73. The lowest BCUT2D eigenvalue weighted by Crippen LogP contribution is -2.58. The van der Waals surface area contributed by atoms with Gasteiger partial charge in [-0.1, -0.05) is 0 Å². The van der Waals surface area contributed by atoms with Crippen molar-refractivity contribution in [3.63, 3.8) is 0 Å². The molecule has 1 amide bonds. The third-order valence-electron chi connectivity index (χ3n) is 5.34. The van der Waals surface area contributed by atoms with Gasteiger partial charge in [-0.15, -0.1) is 13.2 Å². The molecule has 14 heteroatoms. The average molecular weight is 520 g/mol. The second-order valence-electron chi connectivity index (χ2n) is 7.36. The van der Waals surface area contributed by atoms with Gasteiger partial charge in [0.05, 0.1) is 4.90 Å². The summed E-state index contributed by atoms with van der Waals surface area (Å²) in [6.45, 7) is 0.217. The fourth-order valence-electron chi connectivity index (χ4n) is 3.57. The van der Waals surface area contributed by atoms with E-state index in [1.165, 1.54) is 41.9 Å². The first-order chi connectivity index (χ1) is 15.9. The fraction of sp³-hybridized carbons (Fsp3) is 0.300. The predicted molar refractivity (Wildman–Crippen MR) is 117 cm³/mol. The van der Waals surface area contributed by atoms with Gasteiger partial charge in [0.1, 0.15) is 17.2 Å². The second-order valence-corrected chi connectivity index (χ2v) is 10.0. The van der Waals surface area contributed by atoms with Crippen molar-refractivity contribution < 1.29 is 41.1 Å². The number of carbonyl (C=O) groups is 1. The fourth-order valence-corrected chi connectivity index (χ4v) is 5.70. The molecular formula is C20H20F3N3O6S2. The van der Waals surface area contributed by atoms with Crippen LogP contribution in [-0.4, -0.2) is 53.7 Å². The molecule has 0 bridgehead atoms. The molecule has 4 N–H and O–H groups in total. The number of sulfone groups is 1. The van der Waals surface area contributed by atoms with Gasteiger partial charge in [-0.3, -0.25) is 10.0 Å². The highest BCUT2D eigenvalue weighted by Gasteiger charge is 2.53. The van der Waals surface area contributed by atoms with Crippen LogP contribution in [0.4, 0.5) is 13.2 Å². The first kappa shape index (κ1) is 25.5. The molecule has 0 radical (unpaired) electrons. The normalized spacial score (nSPS) is 15.9. The van der Waals surface area contributed by atoms with Crippen LogP contribution in [0.1, 0.15) is 12.8 Å². The second kappa shape index (κ2) is 9.64. The summed E-state index contributed by atoms with van der Waals surface area (Å²) in [5.41, 5.74) is 7.04. The number of likely N-dealkylation sites (tertiary alicyclic amines) is 1. The molecule has 0 unspecified atom stereocenters. The molecule has 0 spiro atoms. The Hall–Kier alpha value is -3.10. The number of piperidine rings is 1. The van der Waals surface area contributed by atoms with Gasteiger partial charge < -0.3 is 20.1 Å². The Balaban J connectivity index is 1.79. The zero-order chi connectivity index (χ0) is 25.1. The van der Waals surface area contributed by atoms with Gasteiger partial charge >= 0.3 is 6.36 Å². The van der Waals surface area contributed by atoms with Gasteiger partial charge in [-0.05, 0) is 73.6 Å². The van der Waals surface area contributed by atoms with E-state index >= 15 is 0 Å². The van der Waals surface area contributed by atoms with Gasteiger partial charge in [0.15, 0.2) is 19.7 Å². The van der Waals surface area contributed by atoms with Gasteiger partial charge in [-0.25, -0.2) is 13.9 Å². The molecule has 1 fully saturated rings. The van der Waals surface area contributed by atoms with Crippen molar-refractivity contribution in [2.75, 3.05) is 13.1 Å². The standard InChI is InChI=1S/C20H20F3N3O6S2/c21-20(22,23)32-15-3-1-13(2-4-15)31-14-5-7-16(8-6-14)34(29,30)19(17(27)25-28)9-11-26(12-10-19)18(24)33/h1-8,28H,9-12H2,(H2,24,33)(H,25,27). The number of benzene rings is 2. The van der Waals surface area contributed by atoms with E-state index in [1.54, 1.807) is 4.90 Å². The number of rotatable bonds is 6. The molecule has 2 aromatic rings. The minimum absolute atomic E-state index is 0.0786. The number of carbonyl (C=O) groups excluding carboxylic acids is 1. The summed E-state index contributed by atoms with van der Waals surface area (Å²) in [5.74, 6) is -1.09. The van der Waals surface area contributed by atoms with Crippen molar-refractivity contribution >= 4 is 33.1 Å². The maximum Gasteiger partial charge on any atom is 0.573 e. The van der Waals surface area contributed by atoms with Crippen molar-refractivity contribution in [2.24, 2.45) is 5.73 Å². The molecule has 0 aliphatic carbocycles. The summed E-state index contributed by atoms with van der Waals surface area (Å²) in [7, 11) is -4.26. The van der Waals surface area contributed by atoms with E-state index in [0.29, 0.717) is 0 Å². The number of hydrogen-bond donors (Lipinski definition) is 3. The van der Waals surface area contributed by atoms with E-state index in [1.807, 2.05) is 0 Å². The van der Waals surface area contributed by atoms with Gasteiger partial charge in [0, 0.05) is 13.1 Å². The van der Waals surface area contributed by atoms with Crippen LogP contribution >= 0.6 is 12.2 Å². The van der Waals surface area contributed by atoms with Gasteiger partial charge in [0.25, 0.3) is 5.91 Å². The Morgan fingerprint density at radius 3 is 1.94 bits per heavy atom. The molecule has 3 rings (SSSR count). The van der Waals surface area contributed by atoms with Crippen LogP contribution in [0.3, 0.4) is 0 Å². The van der Waals surface area contributed by atoms with E-state index < -0.39 is 32.6 Å². The lowest BCUT2D eigenvalue weighted by Gasteiger charge is -2.39. The van der Waals surface area contributed by atoms with E-state index in [-0.39, 0.29) is 47.4 Å². The van der Waals surface area contributed by atoms with Crippen LogP contribution in [0.15, 0.2) is 53.4 Å². The van der Waals surface area contributed by atoms with Crippen LogP contribution in [0.25, 0.3) is 0 Å². The summed E-state index contributed by atoms with van der Waals surface area (Å²) in [6.07, 6.45) is -5.12. The Kier molecular flexibility index (Phi) is 7.24. The Labute approximate surface area is 198 Å². The van der Waals surface area contributed by atoms with E-state index in [4.69, 9.17) is 22.7 Å². The van der Waals surface area contributed by atoms with Crippen LogP contribution < -0.4 is 20.7 Å². The molecule has 1 aliphatic rings. The lowest BCUT2D eigenvalue weighted by molar-refractivity contribution is -0.274. The van der Waals surface area contributed by atoms with Crippen molar-refractivity contribution in [1.82, 2.24) is 10.4 Å². The molecule has 1 aliphatic heterocycles. The minimum atomic E-state index is -4.82. The van der Waals surface area contributed by atoms with Crippen LogP contribution in [0, 0.1) is 0 Å². The molecule has 1 heterocycles. The summed E-state index contributed by atoms with van der Waals surface area (Å²) in [5, 5.41) is 9.29. The van der Waals surface area contributed by atoms with Crippen molar-refractivity contribution in [3.05, 3.63) is 48.5 Å². The highest BCUT2D eigenvalue weighted by molar-refractivity contribution is 7.93. The zero-order valence-corrected chi connectivity index (χ0v) is 19.0. The number of nitrogens with zero attached hydrogens (tertiary/aromatic N) is 1. The number of ether oxygens (including phenoxy) is 2. The maximum atomic E-state index is 13.4. The molecule has 0 atom stereocenters. The van der Waals surface area contributed by atoms with E-state index in [2.05, 4.69) is 4.74 Å². The smallest absolute Gasteiger partial charge is 0.457 e. The highest BCUT2D eigenvalue weighted by atomic mass is 32.2. The van der Waals surface area contributed by atoms with Crippen molar-refractivity contribution in [3.8, 4) is 17.2 Å². The number of hydrogen-bond acceptors (Lipinski definition) is 7. The average Bonchev–Trinajstić information content (AvgIpc) is 2.79.